The Morgan fingerprint density at radius 2 is 2.00 bits per heavy atom. The first-order valence-corrected chi connectivity index (χ1v) is 6.27. The lowest BCUT2D eigenvalue weighted by molar-refractivity contribution is 0.622. The number of aliphatic imine (C=N–C) groups is 1. The molecule has 1 aromatic carbocycles. The van der Waals surface area contributed by atoms with Gasteiger partial charge in [0, 0.05) is 17.2 Å². The van der Waals surface area contributed by atoms with Gasteiger partial charge in [-0.3, -0.25) is 0 Å². The third-order valence-corrected chi connectivity index (χ3v) is 3.80. The molecule has 1 aliphatic rings. The van der Waals surface area contributed by atoms with Crippen molar-refractivity contribution in [1.29, 1.82) is 0 Å². The van der Waals surface area contributed by atoms with Crippen LogP contribution in [-0.4, -0.2) is 10.9 Å². The molecule has 0 saturated heterocycles. The minimum Gasteiger partial charge on any atom is -0.378 e. The van der Waals surface area contributed by atoms with Crippen molar-refractivity contribution in [2.45, 2.75) is 11.4 Å². The van der Waals surface area contributed by atoms with Crippen LogP contribution in [0.5, 0.6) is 0 Å². The van der Waals surface area contributed by atoms with E-state index in [0.717, 1.165) is 17.7 Å². The van der Waals surface area contributed by atoms with Crippen molar-refractivity contribution in [2.24, 2.45) is 10.7 Å². The highest BCUT2D eigenvalue weighted by Crippen LogP contribution is 2.39. The van der Waals surface area contributed by atoms with Crippen LogP contribution in [0.4, 0.5) is 0 Å². The molecule has 2 nitrogen and oxygen atoms in total. The normalized spacial score (nSPS) is 26.1. The van der Waals surface area contributed by atoms with E-state index in [1.807, 2.05) is 24.3 Å². The molecule has 1 aromatic rings. The fraction of sp³-hybridized carbons (Fsp3) is 0.300. The van der Waals surface area contributed by atoms with Crippen LogP contribution in [0, 0.1) is 0 Å². The monoisotopic (exact) mass is 260 g/mol. The molecule has 0 aliphatic carbocycles. The van der Waals surface area contributed by atoms with Gasteiger partial charge in [-0.15, -0.1) is 0 Å². The lowest BCUT2D eigenvalue weighted by Gasteiger charge is -2.27. The van der Waals surface area contributed by atoms with E-state index in [9.17, 15) is 0 Å². The maximum absolute atomic E-state index is 6.42. The first-order valence-electron chi connectivity index (χ1n) is 4.53. The maximum atomic E-state index is 6.42. The molecular formula is C10H10Cl2N2S. The van der Waals surface area contributed by atoms with Crippen molar-refractivity contribution in [3.8, 4) is 0 Å². The summed E-state index contributed by atoms with van der Waals surface area (Å²) in [7, 11) is 0. The second-order valence-corrected chi connectivity index (χ2v) is 5.49. The van der Waals surface area contributed by atoms with Crippen molar-refractivity contribution in [3.05, 3.63) is 34.9 Å². The zero-order valence-electron chi connectivity index (χ0n) is 7.91. The van der Waals surface area contributed by atoms with E-state index in [1.54, 1.807) is 0 Å². The van der Waals surface area contributed by atoms with Crippen molar-refractivity contribution in [1.82, 2.24) is 0 Å². The molecule has 0 bridgehead atoms. The first-order chi connectivity index (χ1) is 7.10. The summed E-state index contributed by atoms with van der Waals surface area (Å²) in [6.45, 7) is 0. The number of thioether (sulfide) groups is 1. The lowest BCUT2D eigenvalue weighted by Crippen LogP contribution is -2.26. The Hall–Kier alpha value is -0.380. The molecule has 2 rings (SSSR count). The van der Waals surface area contributed by atoms with Crippen LogP contribution < -0.4 is 5.73 Å². The molecule has 5 heteroatoms. The molecule has 2 N–H and O–H groups in total. The fourth-order valence-electron chi connectivity index (χ4n) is 1.47. The average Bonchev–Trinajstić information content (AvgIpc) is 2.18. The van der Waals surface area contributed by atoms with Gasteiger partial charge in [-0.2, -0.15) is 0 Å². The summed E-state index contributed by atoms with van der Waals surface area (Å²) < 4.78 is 0. The third-order valence-electron chi connectivity index (χ3n) is 2.26. The highest BCUT2D eigenvalue weighted by Gasteiger charge is 2.31. The number of rotatable bonds is 1. The summed E-state index contributed by atoms with van der Waals surface area (Å²) in [5.41, 5.74) is 6.62. The Balaban J connectivity index is 2.36. The van der Waals surface area contributed by atoms with Crippen LogP contribution in [0.25, 0.3) is 0 Å². The number of hydrogen-bond donors (Lipinski definition) is 1. The Kier molecular flexibility index (Phi) is 3.14. The zero-order valence-corrected chi connectivity index (χ0v) is 10.2. The van der Waals surface area contributed by atoms with E-state index in [0.29, 0.717) is 10.2 Å². The zero-order chi connectivity index (χ0) is 10.9. The SMILES string of the molecule is NC1=NC(Cl)(c2ccc(Cl)cc2)CCS1. The fourth-order valence-corrected chi connectivity index (χ4v) is 2.89. The predicted octanol–water partition coefficient (Wildman–Crippen LogP) is 3.18. The standard InChI is InChI=1S/C10H10Cl2N2S/c11-8-3-1-7(2-4-8)10(12)5-6-15-9(13)14-10/h1-4H,5-6H2,(H2,13,14). The molecule has 15 heavy (non-hydrogen) atoms. The van der Waals surface area contributed by atoms with Gasteiger partial charge in [0.1, 0.15) is 0 Å². The highest BCUT2D eigenvalue weighted by molar-refractivity contribution is 8.13. The van der Waals surface area contributed by atoms with Gasteiger partial charge in [0.25, 0.3) is 0 Å². The summed E-state index contributed by atoms with van der Waals surface area (Å²) in [4.78, 5) is 3.59. The van der Waals surface area contributed by atoms with Gasteiger partial charge in [0.15, 0.2) is 10.2 Å². The number of hydrogen-bond acceptors (Lipinski definition) is 3. The highest BCUT2D eigenvalue weighted by atomic mass is 35.5. The van der Waals surface area contributed by atoms with Crippen LogP contribution >= 0.6 is 35.0 Å². The molecule has 0 radical (unpaired) electrons. The summed E-state index contributed by atoms with van der Waals surface area (Å²) in [6.07, 6.45) is 0.779. The molecule has 0 spiro atoms. The van der Waals surface area contributed by atoms with Crippen LogP contribution in [-0.2, 0) is 5.00 Å². The number of halogens is 2. The summed E-state index contributed by atoms with van der Waals surface area (Å²) in [5, 5.41) is 1.24. The largest absolute Gasteiger partial charge is 0.378 e. The van der Waals surface area contributed by atoms with Crippen molar-refractivity contribution in [3.63, 3.8) is 0 Å². The second-order valence-electron chi connectivity index (χ2n) is 3.31. The quantitative estimate of drug-likeness (QED) is 0.622. The number of alkyl halides is 1. The van der Waals surface area contributed by atoms with Crippen LogP contribution in [0.1, 0.15) is 12.0 Å². The molecular weight excluding hydrogens is 251 g/mol. The maximum Gasteiger partial charge on any atom is 0.162 e. The predicted molar refractivity (Wildman–Crippen MR) is 67.7 cm³/mol. The van der Waals surface area contributed by atoms with Gasteiger partial charge in [0.05, 0.1) is 0 Å². The van der Waals surface area contributed by atoms with E-state index in [1.165, 1.54) is 11.8 Å². The third kappa shape index (κ3) is 2.41. The molecule has 1 heterocycles. The number of amidine groups is 1. The molecule has 80 valence electrons. The van der Waals surface area contributed by atoms with Gasteiger partial charge >= 0.3 is 0 Å². The molecule has 1 atom stereocenters. The molecule has 1 unspecified atom stereocenters. The van der Waals surface area contributed by atoms with Crippen LogP contribution in [0.2, 0.25) is 5.02 Å². The van der Waals surface area contributed by atoms with Gasteiger partial charge in [-0.05, 0) is 17.7 Å². The smallest absolute Gasteiger partial charge is 0.162 e. The van der Waals surface area contributed by atoms with E-state index < -0.39 is 5.00 Å². The average molecular weight is 261 g/mol. The van der Waals surface area contributed by atoms with E-state index >= 15 is 0 Å². The minimum atomic E-state index is -0.708. The Bertz CT molecular complexity index is 391. The Morgan fingerprint density at radius 3 is 2.60 bits per heavy atom. The minimum absolute atomic E-state index is 0.547. The van der Waals surface area contributed by atoms with Crippen LogP contribution in [0.15, 0.2) is 29.3 Å². The lowest BCUT2D eigenvalue weighted by atomic mass is 10.0. The summed E-state index contributed by atoms with van der Waals surface area (Å²) in [5.74, 6) is 0.890. The molecule has 0 aromatic heterocycles. The number of nitrogens with zero attached hydrogens (tertiary/aromatic N) is 1. The van der Waals surface area contributed by atoms with Gasteiger partial charge in [-0.25, -0.2) is 4.99 Å². The van der Waals surface area contributed by atoms with E-state index in [4.69, 9.17) is 28.9 Å². The van der Waals surface area contributed by atoms with Gasteiger partial charge in [0.2, 0.25) is 0 Å². The second kappa shape index (κ2) is 4.24. The topological polar surface area (TPSA) is 38.4 Å². The molecule has 0 amide bonds. The first kappa shape index (κ1) is 11.1. The summed E-state index contributed by atoms with van der Waals surface area (Å²) >= 11 is 13.8. The van der Waals surface area contributed by atoms with E-state index in [-0.39, 0.29) is 0 Å². The van der Waals surface area contributed by atoms with E-state index in [2.05, 4.69) is 4.99 Å². The van der Waals surface area contributed by atoms with Crippen molar-refractivity contribution in [2.75, 3.05) is 5.75 Å². The van der Waals surface area contributed by atoms with Crippen molar-refractivity contribution < 1.29 is 0 Å². The van der Waals surface area contributed by atoms with Crippen LogP contribution in [0.3, 0.4) is 0 Å². The summed E-state index contributed by atoms with van der Waals surface area (Å²) in [6, 6.07) is 7.41. The van der Waals surface area contributed by atoms with Crippen molar-refractivity contribution >= 4 is 40.1 Å². The number of nitrogens with two attached hydrogens (primary N) is 1. The van der Waals surface area contributed by atoms with Gasteiger partial charge < -0.3 is 5.73 Å². The number of benzene rings is 1. The molecule has 0 saturated carbocycles. The molecule has 0 fully saturated rings. The Labute approximate surface area is 103 Å². The molecule has 1 aliphatic heterocycles. The van der Waals surface area contributed by atoms with Gasteiger partial charge in [-0.1, -0.05) is 47.1 Å². The Morgan fingerprint density at radius 1 is 1.33 bits per heavy atom.